The summed E-state index contributed by atoms with van der Waals surface area (Å²) in [4.78, 5) is 52.8. The third kappa shape index (κ3) is 9.44. The zero-order chi connectivity index (χ0) is 31.1. The molecule has 11 nitrogen and oxygen atoms in total. The maximum Gasteiger partial charge on any atom is 0.410 e. The summed E-state index contributed by atoms with van der Waals surface area (Å²) in [7, 11) is 0. The first kappa shape index (κ1) is 32.8. The van der Waals surface area contributed by atoms with Gasteiger partial charge in [0.15, 0.2) is 0 Å². The van der Waals surface area contributed by atoms with Crippen molar-refractivity contribution in [3.63, 3.8) is 0 Å². The Morgan fingerprint density at radius 1 is 1.05 bits per heavy atom. The van der Waals surface area contributed by atoms with Crippen molar-refractivity contribution in [1.29, 1.82) is 0 Å². The molecule has 0 aromatic carbocycles. The lowest BCUT2D eigenvalue weighted by molar-refractivity contribution is -0.135. The highest BCUT2D eigenvalue weighted by Gasteiger charge is 2.41. The van der Waals surface area contributed by atoms with Crippen LogP contribution < -0.4 is 10.2 Å². The number of alkyl carbamates (subject to hydrolysis) is 1. The zero-order valence-electron chi connectivity index (χ0n) is 27.0. The molecule has 3 amide bonds. The summed E-state index contributed by atoms with van der Waals surface area (Å²) in [5.41, 5.74) is 0.503. The van der Waals surface area contributed by atoms with E-state index in [0.29, 0.717) is 43.8 Å². The summed E-state index contributed by atoms with van der Waals surface area (Å²) in [6, 6.07) is -0.424. The number of nitrogens with one attached hydrogen (secondary N) is 1. The molecule has 0 unspecified atom stereocenters. The Bertz CT molecular complexity index is 1080. The van der Waals surface area contributed by atoms with E-state index in [1.165, 1.54) is 0 Å². The van der Waals surface area contributed by atoms with Gasteiger partial charge in [-0.15, -0.1) is 0 Å². The van der Waals surface area contributed by atoms with Crippen molar-refractivity contribution < 1.29 is 23.9 Å². The van der Waals surface area contributed by atoms with Gasteiger partial charge in [0.2, 0.25) is 11.9 Å². The number of nitrogens with zero attached hydrogens (tertiary/aromatic N) is 5. The molecule has 1 aromatic rings. The van der Waals surface area contributed by atoms with E-state index >= 15 is 0 Å². The molecule has 4 heterocycles. The SMILES string of the molecule is CC(C)OC(=O)N1CCC([C@H](C)CCCc2cnc(N3C[C@H](NC(=O)OC(C)(C)C)[C@@H](N4CCCCC4=O)C3)nc2)CC1. The van der Waals surface area contributed by atoms with Crippen molar-refractivity contribution in [3.05, 3.63) is 18.0 Å². The Hall–Kier alpha value is -3.11. The largest absolute Gasteiger partial charge is 0.447 e. The Morgan fingerprint density at radius 2 is 1.74 bits per heavy atom. The van der Waals surface area contributed by atoms with Gasteiger partial charge in [0.1, 0.15) is 5.60 Å². The molecule has 240 valence electrons. The number of likely N-dealkylation sites (tertiary alicyclic amines) is 2. The third-order valence-corrected chi connectivity index (χ3v) is 8.79. The number of aryl methyl sites for hydroxylation is 1. The molecule has 3 atom stereocenters. The van der Waals surface area contributed by atoms with Gasteiger partial charge < -0.3 is 29.5 Å². The fourth-order valence-corrected chi connectivity index (χ4v) is 6.48. The third-order valence-electron chi connectivity index (χ3n) is 8.79. The standard InChI is InChI=1S/C32H52N6O5/c1-22(2)42-31(41)36-16-13-25(14-17-36)23(3)10-9-11-24-18-33-29(34-19-24)37-20-26(35-30(40)43-32(4,5)6)27(21-37)38-15-8-7-12-28(38)39/h18-19,22-23,25-27H,7-17,20-21H2,1-6H3,(H,35,40)/t23-,26+,27+/m1/s1. The fraction of sp³-hybridized carbons (Fsp3) is 0.781. The molecule has 0 radical (unpaired) electrons. The van der Waals surface area contributed by atoms with E-state index in [4.69, 9.17) is 9.47 Å². The van der Waals surface area contributed by atoms with Gasteiger partial charge in [0, 0.05) is 51.5 Å². The van der Waals surface area contributed by atoms with Gasteiger partial charge in [-0.3, -0.25) is 4.79 Å². The fourth-order valence-electron chi connectivity index (χ4n) is 6.48. The number of hydrogen-bond acceptors (Lipinski definition) is 8. The molecule has 3 aliphatic rings. The van der Waals surface area contributed by atoms with E-state index in [9.17, 15) is 14.4 Å². The van der Waals surface area contributed by atoms with Crippen molar-refractivity contribution >= 4 is 24.0 Å². The molecule has 11 heteroatoms. The molecule has 0 aliphatic carbocycles. The van der Waals surface area contributed by atoms with Crippen LogP contribution in [0.5, 0.6) is 0 Å². The van der Waals surface area contributed by atoms with E-state index in [1.807, 2.05) is 56.8 Å². The van der Waals surface area contributed by atoms with Crippen LogP contribution in [0.1, 0.15) is 92.1 Å². The zero-order valence-corrected chi connectivity index (χ0v) is 27.0. The number of carbonyl (C=O) groups excluding carboxylic acids is 3. The van der Waals surface area contributed by atoms with Crippen LogP contribution in [0.25, 0.3) is 0 Å². The van der Waals surface area contributed by atoms with Gasteiger partial charge in [-0.05, 0) is 90.5 Å². The average molecular weight is 601 g/mol. The number of amides is 3. The minimum atomic E-state index is -0.601. The number of aromatic nitrogens is 2. The minimum Gasteiger partial charge on any atom is -0.447 e. The molecule has 0 saturated carbocycles. The number of anilines is 1. The van der Waals surface area contributed by atoms with Gasteiger partial charge in [0.05, 0.1) is 18.2 Å². The molecular formula is C32H52N6O5. The second-order valence-corrected chi connectivity index (χ2v) is 13.8. The lowest BCUT2D eigenvalue weighted by Gasteiger charge is -2.35. The van der Waals surface area contributed by atoms with Gasteiger partial charge in [-0.1, -0.05) is 13.3 Å². The van der Waals surface area contributed by atoms with E-state index in [-0.39, 0.29) is 30.2 Å². The van der Waals surface area contributed by atoms with Crippen molar-refractivity contribution in [3.8, 4) is 0 Å². The first-order valence-corrected chi connectivity index (χ1v) is 16.2. The predicted octanol–water partition coefficient (Wildman–Crippen LogP) is 4.79. The average Bonchev–Trinajstić information content (AvgIpc) is 3.35. The summed E-state index contributed by atoms with van der Waals surface area (Å²) in [6.07, 6.45) is 10.6. The van der Waals surface area contributed by atoms with E-state index in [2.05, 4.69) is 27.1 Å². The lowest BCUT2D eigenvalue weighted by atomic mass is 9.82. The summed E-state index contributed by atoms with van der Waals surface area (Å²) < 4.78 is 10.9. The second-order valence-electron chi connectivity index (χ2n) is 13.8. The molecule has 1 N–H and O–H groups in total. The van der Waals surface area contributed by atoms with Gasteiger partial charge >= 0.3 is 12.2 Å². The van der Waals surface area contributed by atoms with Crippen molar-refractivity contribution in [2.45, 2.75) is 117 Å². The first-order valence-electron chi connectivity index (χ1n) is 16.2. The summed E-state index contributed by atoms with van der Waals surface area (Å²) in [5.74, 6) is 1.97. The molecule has 4 rings (SSSR count). The quantitative estimate of drug-likeness (QED) is 0.430. The van der Waals surface area contributed by atoms with Crippen LogP contribution in [0.4, 0.5) is 15.5 Å². The molecule has 43 heavy (non-hydrogen) atoms. The number of rotatable bonds is 9. The second kappa shape index (κ2) is 14.6. The van der Waals surface area contributed by atoms with E-state index in [0.717, 1.165) is 63.6 Å². The van der Waals surface area contributed by atoms with Crippen LogP contribution in [-0.4, -0.2) is 94.4 Å². The Kier molecular flexibility index (Phi) is 11.1. The van der Waals surface area contributed by atoms with Crippen molar-refractivity contribution in [2.24, 2.45) is 11.8 Å². The highest BCUT2D eigenvalue weighted by molar-refractivity contribution is 5.78. The van der Waals surface area contributed by atoms with E-state index in [1.54, 1.807) is 0 Å². The van der Waals surface area contributed by atoms with Crippen molar-refractivity contribution in [2.75, 3.05) is 37.6 Å². The number of carbonyl (C=O) groups is 3. The van der Waals surface area contributed by atoms with E-state index < -0.39 is 11.7 Å². The van der Waals surface area contributed by atoms with Gasteiger partial charge in [-0.25, -0.2) is 19.6 Å². The molecule has 3 saturated heterocycles. The van der Waals surface area contributed by atoms with Crippen LogP contribution in [0.3, 0.4) is 0 Å². The maximum absolute atomic E-state index is 12.8. The number of hydrogen-bond donors (Lipinski definition) is 1. The number of ether oxygens (including phenoxy) is 2. The van der Waals surface area contributed by atoms with Crippen molar-refractivity contribution in [1.82, 2.24) is 25.1 Å². The number of piperidine rings is 2. The first-order chi connectivity index (χ1) is 20.4. The monoisotopic (exact) mass is 600 g/mol. The Morgan fingerprint density at radius 3 is 2.37 bits per heavy atom. The highest BCUT2D eigenvalue weighted by Crippen LogP contribution is 2.29. The summed E-state index contributed by atoms with van der Waals surface area (Å²) in [6.45, 7) is 14.9. The Balaban J connectivity index is 1.27. The molecule has 0 spiro atoms. The molecule has 3 aliphatic heterocycles. The maximum atomic E-state index is 12.8. The van der Waals surface area contributed by atoms with Gasteiger partial charge in [0.25, 0.3) is 0 Å². The molecular weight excluding hydrogens is 548 g/mol. The normalized spacial score (nSPS) is 22.6. The van der Waals surface area contributed by atoms with Crippen LogP contribution in [-0.2, 0) is 20.7 Å². The molecule has 1 aromatic heterocycles. The molecule has 0 bridgehead atoms. The minimum absolute atomic E-state index is 0.0854. The summed E-state index contributed by atoms with van der Waals surface area (Å²) >= 11 is 0. The highest BCUT2D eigenvalue weighted by atomic mass is 16.6. The predicted molar refractivity (Wildman–Crippen MR) is 165 cm³/mol. The van der Waals surface area contributed by atoms with Crippen LogP contribution >= 0.6 is 0 Å². The summed E-state index contributed by atoms with van der Waals surface area (Å²) in [5, 5.41) is 3.02. The van der Waals surface area contributed by atoms with Crippen LogP contribution in [0.2, 0.25) is 0 Å². The Labute approximate surface area is 257 Å². The topological polar surface area (TPSA) is 117 Å². The lowest BCUT2D eigenvalue weighted by Crippen LogP contribution is -2.54. The van der Waals surface area contributed by atoms with Crippen LogP contribution in [0.15, 0.2) is 12.4 Å². The van der Waals surface area contributed by atoms with Gasteiger partial charge in [-0.2, -0.15) is 0 Å². The smallest absolute Gasteiger partial charge is 0.410 e. The van der Waals surface area contributed by atoms with Crippen LogP contribution in [0, 0.1) is 11.8 Å². The molecule has 3 fully saturated rings.